The zero-order chi connectivity index (χ0) is 21.1. The first-order valence-corrected chi connectivity index (χ1v) is 10.2. The number of rotatable bonds is 4. The monoisotopic (exact) mass is 403 g/mol. The fourth-order valence-electron chi connectivity index (χ4n) is 3.71. The van der Waals surface area contributed by atoms with E-state index in [2.05, 4.69) is 10.3 Å². The number of hydrogen-bond donors (Lipinski definition) is 1. The van der Waals surface area contributed by atoms with Crippen LogP contribution >= 0.6 is 0 Å². The van der Waals surface area contributed by atoms with Crippen LogP contribution in [0.1, 0.15) is 34.7 Å². The molecule has 1 unspecified atom stereocenters. The van der Waals surface area contributed by atoms with Crippen LogP contribution in [0.15, 0.2) is 59.0 Å². The van der Waals surface area contributed by atoms with Crippen molar-refractivity contribution in [1.29, 1.82) is 0 Å². The van der Waals surface area contributed by atoms with Crippen molar-refractivity contribution in [3.05, 3.63) is 71.6 Å². The Bertz CT molecular complexity index is 1040. The lowest BCUT2D eigenvalue weighted by atomic mass is 9.96. The van der Waals surface area contributed by atoms with Crippen molar-refractivity contribution in [2.45, 2.75) is 26.7 Å². The molecule has 1 atom stereocenters. The second-order valence-corrected chi connectivity index (χ2v) is 7.74. The molecule has 2 heterocycles. The van der Waals surface area contributed by atoms with Crippen LogP contribution in [0.25, 0.3) is 11.5 Å². The maximum Gasteiger partial charge on any atom is 0.276 e. The Hall–Kier alpha value is -3.41. The van der Waals surface area contributed by atoms with Crippen molar-refractivity contribution in [3.63, 3.8) is 0 Å². The molecule has 0 aliphatic carbocycles. The fourth-order valence-corrected chi connectivity index (χ4v) is 3.71. The van der Waals surface area contributed by atoms with Crippen LogP contribution in [-0.4, -0.2) is 34.8 Å². The van der Waals surface area contributed by atoms with Crippen LogP contribution in [0.4, 0.5) is 5.69 Å². The predicted molar refractivity (Wildman–Crippen MR) is 115 cm³/mol. The number of carbonyl (C=O) groups is 2. The second-order valence-electron chi connectivity index (χ2n) is 7.74. The molecule has 4 rings (SSSR count). The van der Waals surface area contributed by atoms with Gasteiger partial charge in [-0.25, -0.2) is 4.98 Å². The lowest BCUT2D eigenvalue weighted by molar-refractivity contribution is -0.121. The van der Waals surface area contributed by atoms with E-state index in [9.17, 15) is 9.59 Å². The molecule has 0 bridgehead atoms. The molecule has 154 valence electrons. The highest BCUT2D eigenvalue weighted by Gasteiger charge is 2.31. The molecule has 1 N–H and O–H groups in total. The van der Waals surface area contributed by atoms with E-state index < -0.39 is 0 Å². The number of oxazole rings is 1. The topological polar surface area (TPSA) is 75.4 Å². The smallest absolute Gasteiger partial charge is 0.276 e. The minimum atomic E-state index is -0.246. The molecule has 3 aromatic rings. The van der Waals surface area contributed by atoms with Gasteiger partial charge >= 0.3 is 0 Å². The van der Waals surface area contributed by atoms with Gasteiger partial charge in [0.2, 0.25) is 11.8 Å². The molecule has 2 amide bonds. The van der Waals surface area contributed by atoms with Crippen LogP contribution in [0, 0.1) is 19.8 Å². The van der Waals surface area contributed by atoms with Gasteiger partial charge in [0, 0.05) is 24.3 Å². The van der Waals surface area contributed by atoms with Gasteiger partial charge in [0.25, 0.3) is 5.91 Å². The number of piperidine rings is 1. The number of nitrogens with zero attached hydrogens (tertiary/aromatic N) is 2. The largest absolute Gasteiger partial charge is 0.441 e. The summed E-state index contributed by atoms with van der Waals surface area (Å²) < 4.78 is 5.74. The number of hydrogen-bond acceptors (Lipinski definition) is 4. The summed E-state index contributed by atoms with van der Waals surface area (Å²) in [5.41, 5.74) is 3.05. The SMILES string of the molecule is Cc1ccc(NC(=O)C2CCCN(C(=O)c3nc(-c4ccccc4)oc3C)C2)cc1. The zero-order valence-electron chi connectivity index (χ0n) is 17.2. The Kier molecular flexibility index (Phi) is 5.65. The van der Waals surface area contributed by atoms with E-state index in [-0.39, 0.29) is 17.7 Å². The summed E-state index contributed by atoms with van der Waals surface area (Å²) in [6.07, 6.45) is 1.54. The third-order valence-corrected chi connectivity index (χ3v) is 5.42. The van der Waals surface area contributed by atoms with E-state index in [0.717, 1.165) is 29.7 Å². The highest BCUT2D eigenvalue weighted by atomic mass is 16.4. The molecule has 6 heteroatoms. The summed E-state index contributed by atoms with van der Waals surface area (Å²) in [5, 5.41) is 2.96. The molecule has 0 saturated carbocycles. The van der Waals surface area contributed by atoms with Crippen LogP contribution in [0.5, 0.6) is 0 Å². The first-order chi connectivity index (χ1) is 14.5. The van der Waals surface area contributed by atoms with E-state index >= 15 is 0 Å². The summed E-state index contributed by atoms with van der Waals surface area (Å²) in [4.78, 5) is 32.0. The maximum atomic E-state index is 13.1. The van der Waals surface area contributed by atoms with Gasteiger partial charge < -0.3 is 14.6 Å². The van der Waals surface area contributed by atoms with E-state index in [1.807, 2.05) is 61.5 Å². The summed E-state index contributed by atoms with van der Waals surface area (Å²) >= 11 is 0. The molecule has 0 spiro atoms. The van der Waals surface area contributed by atoms with Gasteiger partial charge in [-0.1, -0.05) is 35.9 Å². The van der Waals surface area contributed by atoms with Gasteiger partial charge in [0.15, 0.2) is 5.69 Å². The number of likely N-dealkylation sites (tertiary alicyclic amines) is 1. The van der Waals surface area contributed by atoms with Gasteiger partial charge in [-0.2, -0.15) is 0 Å². The highest BCUT2D eigenvalue weighted by molar-refractivity contribution is 5.96. The van der Waals surface area contributed by atoms with E-state index in [0.29, 0.717) is 30.4 Å². The summed E-state index contributed by atoms with van der Waals surface area (Å²) in [6.45, 7) is 4.74. The van der Waals surface area contributed by atoms with Gasteiger partial charge in [-0.3, -0.25) is 9.59 Å². The molecule has 1 saturated heterocycles. The molecule has 6 nitrogen and oxygen atoms in total. The standard InChI is InChI=1S/C24H25N3O3/c1-16-10-12-20(13-11-16)25-22(28)19-9-6-14-27(15-19)24(29)21-17(2)30-23(26-21)18-7-4-3-5-8-18/h3-5,7-8,10-13,19H,6,9,14-15H2,1-2H3,(H,25,28). The van der Waals surface area contributed by atoms with Crippen LogP contribution in [0.2, 0.25) is 0 Å². The molecule has 2 aromatic carbocycles. The number of benzene rings is 2. The number of aromatic nitrogens is 1. The molecular weight excluding hydrogens is 378 g/mol. The van der Waals surface area contributed by atoms with Crippen LogP contribution in [-0.2, 0) is 4.79 Å². The van der Waals surface area contributed by atoms with Gasteiger partial charge in [0.1, 0.15) is 5.76 Å². The van der Waals surface area contributed by atoms with Crippen molar-refractivity contribution in [1.82, 2.24) is 9.88 Å². The normalized spacial score (nSPS) is 16.3. The third kappa shape index (κ3) is 4.27. The fraction of sp³-hybridized carbons (Fsp3) is 0.292. The van der Waals surface area contributed by atoms with E-state index in [1.165, 1.54) is 0 Å². The first-order valence-electron chi connectivity index (χ1n) is 10.2. The van der Waals surface area contributed by atoms with Crippen LogP contribution in [0.3, 0.4) is 0 Å². The number of amides is 2. The lowest BCUT2D eigenvalue weighted by Gasteiger charge is -2.31. The summed E-state index contributed by atoms with van der Waals surface area (Å²) in [5.74, 6) is 0.432. The molecule has 1 fully saturated rings. The lowest BCUT2D eigenvalue weighted by Crippen LogP contribution is -2.44. The average molecular weight is 403 g/mol. The number of nitrogens with one attached hydrogen (secondary N) is 1. The molecule has 1 aliphatic rings. The Balaban J connectivity index is 1.45. The Morgan fingerprint density at radius 2 is 1.80 bits per heavy atom. The summed E-state index contributed by atoms with van der Waals surface area (Å²) in [6, 6.07) is 17.2. The quantitative estimate of drug-likeness (QED) is 0.698. The Morgan fingerprint density at radius 1 is 1.07 bits per heavy atom. The molecule has 30 heavy (non-hydrogen) atoms. The summed E-state index contributed by atoms with van der Waals surface area (Å²) in [7, 11) is 0. The number of carbonyl (C=O) groups excluding carboxylic acids is 2. The maximum absolute atomic E-state index is 13.1. The minimum absolute atomic E-state index is 0.0572. The van der Waals surface area contributed by atoms with Crippen molar-refractivity contribution in [2.24, 2.45) is 5.92 Å². The van der Waals surface area contributed by atoms with Crippen molar-refractivity contribution in [3.8, 4) is 11.5 Å². The van der Waals surface area contributed by atoms with Gasteiger partial charge in [-0.15, -0.1) is 0 Å². The predicted octanol–water partition coefficient (Wildman–Crippen LogP) is 4.45. The number of aryl methyl sites for hydroxylation is 2. The molecule has 1 aliphatic heterocycles. The zero-order valence-corrected chi connectivity index (χ0v) is 17.2. The Morgan fingerprint density at radius 3 is 2.53 bits per heavy atom. The van der Waals surface area contributed by atoms with Gasteiger partial charge in [-0.05, 0) is 51.0 Å². The first kappa shape index (κ1) is 19.9. The van der Waals surface area contributed by atoms with E-state index in [1.54, 1.807) is 11.8 Å². The Labute approximate surface area is 175 Å². The van der Waals surface area contributed by atoms with Crippen molar-refractivity contribution >= 4 is 17.5 Å². The second kappa shape index (κ2) is 8.53. The number of anilines is 1. The van der Waals surface area contributed by atoms with Crippen molar-refractivity contribution in [2.75, 3.05) is 18.4 Å². The van der Waals surface area contributed by atoms with E-state index in [4.69, 9.17) is 4.42 Å². The molecular formula is C24H25N3O3. The third-order valence-electron chi connectivity index (χ3n) is 5.42. The minimum Gasteiger partial charge on any atom is -0.441 e. The highest BCUT2D eigenvalue weighted by Crippen LogP contribution is 2.25. The van der Waals surface area contributed by atoms with Gasteiger partial charge in [0.05, 0.1) is 5.92 Å². The average Bonchev–Trinajstić information content (AvgIpc) is 3.17. The van der Waals surface area contributed by atoms with Crippen LogP contribution < -0.4 is 5.32 Å². The van der Waals surface area contributed by atoms with Crippen molar-refractivity contribution < 1.29 is 14.0 Å². The molecule has 1 aromatic heterocycles. The molecule has 0 radical (unpaired) electrons.